The van der Waals surface area contributed by atoms with Gasteiger partial charge in [0.15, 0.2) is 0 Å². The molecular weight excluding hydrogens is 164 g/mol. The highest BCUT2D eigenvalue weighted by Gasteiger charge is 2.60. The fourth-order valence-electron chi connectivity index (χ4n) is 3.47. The summed E-state index contributed by atoms with van der Waals surface area (Å²) in [6, 6.07) is 0. The zero-order valence-electron chi connectivity index (χ0n) is 8.42. The van der Waals surface area contributed by atoms with E-state index in [4.69, 9.17) is 0 Å². The number of carbonyl (C=O) groups is 1. The number of rotatable bonds is 2. The summed E-state index contributed by atoms with van der Waals surface area (Å²) in [4.78, 5) is 11.1. The van der Waals surface area contributed by atoms with E-state index in [0.717, 1.165) is 31.5 Å². The molecule has 13 heavy (non-hydrogen) atoms. The lowest BCUT2D eigenvalue weighted by atomic mass is 9.41. The van der Waals surface area contributed by atoms with Gasteiger partial charge in [-0.25, -0.2) is 0 Å². The first-order valence-electron chi connectivity index (χ1n) is 5.14. The third-order valence-electron chi connectivity index (χ3n) is 4.65. The minimum absolute atomic E-state index is 0.0390. The molecule has 3 saturated carbocycles. The summed E-state index contributed by atoms with van der Waals surface area (Å²) in [5.41, 5.74) is -0.125. The summed E-state index contributed by atoms with van der Waals surface area (Å²) in [5, 5.41) is 9.34. The van der Waals surface area contributed by atoms with E-state index < -0.39 is 5.41 Å². The van der Waals surface area contributed by atoms with Crippen LogP contribution >= 0.6 is 0 Å². The van der Waals surface area contributed by atoms with Crippen LogP contribution in [0.2, 0.25) is 0 Å². The maximum Gasteiger partial charge on any atom is 0.128 e. The zero-order valence-corrected chi connectivity index (χ0v) is 8.42. The Hall–Kier alpha value is -0.370. The monoisotopic (exact) mass is 182 g/mol. The Balaban J connectivity index is 2.27. The van der Waals surface area contributed by atoms with Crippen LogP contribution < -0.4 is 0 Å². The Morgan fingerprint density at radius 2 is 2.23 bits per heavy atom. The third kappa shape index (κ3) is 0.954. The van der Waals surface area contributed by atoms with Crippen LogP contribution in [0.3, 0.4) is 0 Å². The summed E-state index contributed by atoms with van der Waals surface area (Å²) in [7, 11) is 0. The van der Waals surface area contributed by atoms with Gasteiger partial charge in [-0.05, 0) is 36.5 Å². The molecule has 0 aromatic rings. The van der Waals surface area contributed by atoms with E-state index in [1.807, 2.05) is 0 Å². The molecule has 0 aromatic carbocycles. The van der Waals surface area contributed by atoms with Crippen molar-refractivity contribution in [1.29, 1.82) is 0 Å². The molecule has 2 bridgehead atoms. The molecule has 0 heterocycles. The van der Waals surface area contributed by atoms with Gasteiger partial charge in [-0.1, -0.05) is 13.8 Å². The SMILES string of the molecule is CC1(C)C2CCC(C=O)(CO)C1C2. The zero-order chi connectivity index (χ0) is 9.69. The summed E-state index contributed by atoms with van der Waals surface area (Å²) in [6.07, 6.45) is 4.16. The number of hydrogen-bond donors (Lipinski definition) is 1. The molecular formula is C11H18O2. The van der Waals surface area contributed by atoms with Crippen LogP contribution in [0.25, 0.3) is 0 Å². The normalized spacial score (nSPS) is 46.7. The van der Waals surface area contributed by atoms with Crippen molar-refractivity contribution in [3.63, 3.8) is 0 Å². The van der Waals surface area contributed by atoms with Crippen molar-refractivity contribution in [3.8, 4) is 0 Å². The van der Waals surface area contributed by atoms with Crippen molar-refractivity contribution >= 4 is 6.29 Å². The van der Waals surface area contributed by atoms with Crippen molar-refractivity contribution in [2.45, 2.75) is 33.1 Å². The number of hydrogen-bond acceptors (Lipinski definition) is 2. The number of aliphatic hydroxyl groups excluding tert-OH is 1. The minimum atomic E-state index is -0.405. The fourth-order valence-corrected chi connectivity index (χ4v) is 3.47. The maximum absolute atomic E-state index is 11.1. The molecule has 3 fully saturated rings. The van der Waals surface area contributed by atoms with Gasteiger partial charge < -0.3 is 9.90 Å². The summed E-state index contributed by atoms with van der Waals surface area (Å²) < 4.78 is 0. The van der Waals surface area contributed by atoms with Crippen molar-refractivity contribution in [2.24, 2.45) is 22.7 Å². The highest BCUT2D eigenvalue weighted by atomic mass is 16.3. The molecule has 0 aromatic heterocycles. The van der Waals surface area contributed by atoms with Crippen LogP contribution in [0, 0.1) is 22.7 Å². The molecule has 74 valence electrons. The Morgan fingerprint density at radius 3 is 2.54 bits per heavy atom. The van der Waals surface area contributed by atoms with E-state index in [1.54, 1.807) is 0 Å². The predicted octanol–water partition coefficient (Wildman–Crippen LogP) is 1.62. The second-order valence-electron chi connectivity index (χ2n) is 5.35. The van der Waals surface area contributed by atoms with E-state index in [0.29, 0.717) is 5.92 Å². The van der Waals surface area contributed by atoms with Gasteiger partial charge in [0.25, 0.3) is 0 Å². The summed E-state index contributed by atoms with van der Waals surface area (Å²) >= 11 is 0. The van der Waals surface area contributed by atoms with Crippen molar-refractivity contribution in [3.05, 3.63) is 0 Å². The van der Waals surface area contributed by atoms with Crippen LogP contribution in [-0.2, 0) is 4.79 Å². The highest BCUT2D eigenvalue weighted by molar-refractivity contribution is 5.61. The average molecular weight is 182 g/mol. The Morgan fingerprint density at radius 1 is 1.54 bits per heavy atom. The third-order valence-corrected chi connectivity index (χ3v) is 4.65. The van der Waals surface area contributed by atoms with Gasteiger partial charge in [-0.3, -0.25) is 0 Å². The van der Waals surface area contributed by atoms with E-state index in [1.165, 1.54) is 0 Å². The largest absolute Gasteiger partial charge is 0.395 e. The lowest BCUT2D eigenvalue weighted by molar-refractivity contribution is -0.173. The lowest BCUT2D eigenvalue weighted by Gasteiger charge is -2.63. The van der Waals surface area contributed by atoms with Gasteiger partial charge in [0.1, 0.15) is 6.29 Å². The quantitative estimate of drug-likeness (QED) is 0.659. The van der Waals surface area contributed by atoms with Crippen LogP contribution in [0.15, 0.2) is 0 Å². The van der Waals surface area contributed by atoms with Crippen LogP contribution in [0.1, 0.15) is 33.1 Å². The molecule has 0 amide bonds. The Kier molecular flexibility index (Phi) is 1.82. The number of aliphatic hydroxyl groups is 1. The van der Waals surface area contributed by atoms with Crippen molar-refractivity contribution < 1.29 is 9.90 Å². The number of fused-ring (bicyclic) bond motifs is 2. The van der Waals surface area contributed by atoms with E-state index in [-0.39, 0.29) is 12.0 Å². The van der Waals surface area contributed by atoms with Gasteiger partial charge >= 0.3 is 0 Å². The van der Waals surface area contributed by atoms with E-state index in [2.05, 4.69) is 13.8 Å². The van der Waals surface area contributed by atoms with Gasteiger partial charge in [-0.2, -0.15) is 0 Å². The molecule has 1 N–H and O–H groups in total. The first kappa shape index (κ1) is 9.20. The smallest absolute Gasteiger partial charge is 0.128 e. The van der Waals surface area contributed by atoms with Crippen LogP contribution in [0.5, 0.6) is 0 Å². The number of aldehydes is 1. The first-order valence-corrected chi connectivity index (χ1v) is 5.14. The molecule has 2 heteroatoms. The number of carbonyl (C=O) groups excluding carboxylic acids is 1. The topological polar surface area (TPSA) is 37.3 Å². The molecule has 3 rings (SSSR count). The molecule has 3 unspecified atom stereocenters. The molecule has 3 aliphatic rings. The van der Waals surface area contributed by atoms with Crippen molar-refractivity contribution in [1.82, 2.24) is 0 Å². The molecule has 0 aliphatic heterocycles. The second kappa shape index (κ2) is 2.57. The Bertz CT molecular complexity index is 232. The van der Waals surface area contributed by atoms with Gasteiger partial charge in [0, 0.05) is 0 Å². The van der Waals surface area contributed by atoms with Crippen molar-refractivity contribution in [2.75, 3.05) is 6.61 Å². The van der Waals surface area contributed by atoms with Gasteiger partial charge in [0.05, 0.1) is 12.0 Å². The highest BCUT2D eigenvalue weighted by Crippen LogP contribution is 2.65. The fraction of sp³-hybridized carbons (Fsp3) is 0.909. The van der Waals surface area contributed by atoms with Gasteiger partial charge in [0.2, 0.25) is 0 Å². The molecule has 3 aliphatic carbocycles. The molecule has 3 atom stereocenters. The lowest BCUT2D eigenvalue weighted by Crippen LogP contribution is -2.59. The first-order chi connectivity index (χ1) is 6.07. The standard InChI is InChI=1S/C11H18O2/c1-10(2)8-3-4-11(6-12,7-13)9(10)5-8/h6,8-9,13H,3-5,7H2,1-2H3. The van der Waals surface area contributed by atoms with E-state index >= 15 is 0 Å². The van der Waals surface area contributed by atoms with Gasteiger partial charge in [-0.15, -0.1) is 0 Å². The van der Waals surface area contributed by atoms with E-state index in [9.17, 15) is 9.90 Å². The molecule has 0 spiro atoms. The maximum atomic E-state index is 11.1. The second-order valence-corrected chi connectivity index (χ2v) is 5.35. The molecule has 0 radical (unpaired) electrons. The van der Waals surface area contributed by atoms with Crippen LogP contribution in [-0.4, -0.2) is 18.0 Å². The Labute approximate surface area is 79.3 Å². The summed E-state index contributed by atoms with van der Waals surface area (Å²) in [5.74, 6) is 1.21. The summed E-state index contributed by atoms with van der Waals surface area (Å²) in [6.45, 7) is 4.51. The molecule has 2 nitrogen and oxygen atoms in total. The van der Waals surface area contributed by atoms with Crippen LogP contribution in [0.4, 0.5) is 0 Å². The molecule has 0 saturated heterocycles. The predicted molar refractivity (Wildman–Crippen MR) is 50.2 cm³/mol. The average Bonchev–Trinajstić information content (AvgIpc) is 2.17. The minimum Gasteiger partial charge on any atom is -0.395 e.